The summed E-state index contributed by atoms with van der Waals surface area (Å²) in [6, 6.07) is 10.2. The van der Waals surface area contributed by atoms with Crippen LogP contribution in [0.5, 0.6) is 0 Å². The quantitative estimate of drug-likeness (QED) is 0.553. The maximum atomic E-state index is 12.8. The molecule has 1 heterocycles. The molecule has 0 atom stereocenters. The molecule has 0 bridgehead atoms. The summed E-state index contributed by atoms with van der Waals surface area (Å²) in [4.78, 5) is 12.5. The fraction of sp³-hybridized carbons (Fsp3) is 0.350. The van der Waals surface area contributed by atoms with Crippen molar-refractivity contribution in [2.45, 2.75) is 11.4 Å². The number of amides is 1. The summed E-state index contributed by atoms with van der Waals surface area (Å²) in [7, 11) is -7.55. The highest BCUT2D eigenvalue weighted by molar-refractivity contribution is 7.92. The standard InChI is InChI=1S/C20H23Cl2N3O6S2/c1-32(27,28)25(14-20(26)23-13-15-2-3-16(21)12-19(15)22)17-4-6-18(7-5-17)33(29,30)24-8-10-31-11-9-24/h2-7,12H,8-11,13-14H2,1H3,(H,23,26). The minimum Gasteiger partial charge on any atom is -0.379 e. The lowest BCUT2D eigenvalue weighted by atomic mass is 10.2. The highest BCUT2D eigenvalue weighted by atomic mass is 35.5. The topological polar surface area (TPSA) is 113 Å². The van der Waals surface area contributed by atoms with Crippen LogP contribution in [0, 0.1) is 0 Å². The third-order valence-corrected chi connectivity index (χ3v) is 8.55. The molecule has 0 aliphatic carbocycles. The molecule has 0 saturated carbocycles. The van der Waals surface area contributed by atoms with Crippen molar-refractivity contribution < 1.29 is 26.4 Å². The van der Waals surface area contributed by atoms with Crippen molar-refractivity contribution >= 4 is 54.8 Å². The molecule has 0 radical (unpaired) electrons. The number of nitrogens with one attached hydrogen (secondary N) is 1. The third-order valence-electron chi connectivity index (χ3n) is 4.91. The van der Waals surface area contributed by atoms with Gasteiger partial charge in [-0.05, 0) is 42.0 Å². The second-order valence-corrected chi connectivity index (χ2v) is 12.0. The van der Waals surface area contributed by atoms with Crippen LogP contribution < -0.4 is 9.62 Å². The molecule has 0 unspecified atom stereocenters. The summed E-state index contributed by atoms with van der Waals surface area (Å²) in [5.41, 5.74) is 0.788. The Labute approximate surface area is 203 Å². The number of carbonyl (C=O) groups excluding carboxylic acids is 1. The maximum absolute atomic E-state index is 12.8. The van der Waals surface area contributed by atoms with Gasteiger partial charge in [-0.3, -0.25) is 9.10 Å². The van der Waals surface area contributed by atoms with Gasteiger partial charge in [0.15, 0.2) is 0 Å². The summed E-state index contributed by atoms with van der Waals surface area (Å²) in [5, 5.41) is 3.45. The first-order valence-electron chi connectivity index (χ1n) is 9.85. The number of benzene rings is 2. The molecule has 1 aliphatic rings. The maximum Gasteiger partial charge on any atom is 0.243 e. The summed E-state index contributed by atoms with van der Waals surface area (Å²) in [6.45, 7) is 0.725. The predicted octanol–water partition coefficient (Wildman–Crippen LogP) is 2.10. The van der Waals surface area contributed by atoms with Gasteiger partial charge in [0.25, 0.3) is 0 Å². The number of carbonyl (C=O) groups is 1. The van der Waals surface area contributed by atoms with Gasteiger partial charge in [-0.15, -0.1) is 0 Å². The first kappa shape index (κ1) is 25.7. The minimum absolute atomic E-state index is 0.0310. The number of ether oxygens (including phenoxy) is 1. The summed E-state index contributed by atoms with van der Waals surface area (Å²) in [6.07, 6.45) is 0.967. The van der Waals surface area contributed by atoms with Crippen molar-refractivity contribution in [1.82, 2.24) is 9.62 Å². The Kier molecular flexibility index (Phi) is 8.25. The van der Waals surface area contributed by atoms with E-state index in [9.17, 15) is 21.6 Å². The first-order chi connectivity index (χ1) is 15.5. The Balaban J connectivity index is 1.73. The highest BCUT2D eigenvalue weighted by Crippen LogP contribution is 2.23. The average molecular weight is 536 g/mol. The Bertz CT molecular complexity index is 1210. The predicted molar refractivity (Wildman–Crippen MR) is 127 cm³/mol. The number of anilines is 1. The van der Waals surface area contributed by atoms with Crippen molar-refractivity contribution in [3.8, 4) is 0 Å². The van der Waals surface area contributed by atoms with E-state index in [4.69, 9.17) is 27.9 Å². The van der Waals surface area contributed by atoms with Crippen LogP contribution in [0.1, 0.15) is 5.56 Å². The minimum atomic E-state index is -3.83. The molecule has 33 heavy (non-hydrogen) atoms. The van der Waals surface area contributed by atoms with Gasteiger partial charge >= 0.3 is 0 Å². The van der Waals surface area contributed by atoms with E-state index in [0.29, 0.717) is 28.8 Å². The fourth-order valence-corrected chi connectivity index (χ4v) is 5.91. The number of halogens is 2. The van der Waals surface area contributed by atoms with Crippen LogP contribution in [0.25, 0.3) is 0 Å². The van der Waals surface area contributed by atoms with Gasteiger partial charge in [0, 0.05) is 29.7 Å². The largest absolute Gasteiger partial charge is 0.379 e. The number of hydrogen-bond acceptors (Lipinski definition) is 6. The van der Waals surface area contributed by atoms with Crippen LogP contribution in [0.2, 0.25) is 10.0 Å². The van der Waals surface area contributed by atoms with E-state index >= 15 is 0 Å². The van der Waals surface area contributed by atoms with Gasteiger partial charge in [-0.25, -0.2) is 16.8 Å². The van der Waals surface area contributed by atoms with E-state index in [-0.39, 0.29) is 30.2 Å². The van der Waals surface area contributed by atoms with E-state index in [0.717, 1.165) is 10.6 Å². The van der Waals surface area contributed by atoms with Gasteiger partial charge in [-0.2, -0.15) is 4.31 Å². The number of hydrogen-bond donors (Lipinski definition) is 1. The van der Waals surface area contributed by atoms with Crippen molar-refractivity contribution in [3.05, 3.63) is 58.1 Å². The van der Waals surface area contributed by atoms with Crippen LogP contribution in [-0.4, -0.2) is 66.2 Å². The number of sulfonamides is 2. The molecule has 0 spiro atoms. The number of rotatable bonds is 8. The molecule has 1 aliphatic heterocycles. The Morgan fingerprint density at radius 2 is 1.70 bits per heavy atom. The monoisotopic (exact) mass is 535 g/mol. The fourth-order valence-electron chi connectivity index (χ4n) is 3.17. The summed E-state index contributed by atoms with van der Waals surface area (Å²) in [5.74, 6) is -0.559. The molecule has 2 aromatic carbocycles. The smallest absolute Gasteiger partial charge is 0.243 e. The van der Waals surface area contributed by atoms with Crippen LogP contribution >= 0.6 is 23.2 Å². The van der Waals surface area contributed by atoms with E-state index in [1.165, 1.54) is 28.6 Å². The zero-order chi connectivity index (χ0) is 24.2. The van der Waals surface area contributed by atoms with Crippen LogP contribution in [0.4, 0.5) is 5.69 Å². The Hall–Kier alpha value is -1.89. The molecule has 1 saturated heterocycles. The highest BCUT2D eigenvalue weighted by Gasteiger charge is 2.27. The molecule has 9 nitrogen and oxygen atoms in total. The zero-order valence-electron chi connectivity index (χ0n) is 17.7. The Morgan fingerprint density at radius 3 is 2.27 bits per heavy atom. The molecular weight excluding hydrogens is 513 g/mol. The van der Waals surface area contributed by atoms with Crippen molar-refractivity contribution in [3.63, 3.8) is 0 Å². The van der Waals surface area contributed by atoms with Crippen LogP contribution in [-0.2, 0) is 36.1 Å². The normalized spacial score (nSPS) is 15.2. The number of nitrogens with zero attached hydrogens (tertiary/aromatic N) is 2. The van der Waals surface area contributed by atoms with E-state index in [1.807, 2.05) is 0 Å². The summed E-state index contributed by atoms with van der Waals surface area (Å²) < 4.78 is 57.6. The van der Waals surface area contributed by atoms with Gasteiger partial charge in [0.05, 0.1) is 30.1 Å². The first-order valence-corrected chi connectivity index (χ1v) is 13.9. The summed E-state index contributed by atoms with van der Waals surface area (Å²) >= 11 is 12.0. The van der Waals surface area contributed by atoms with E-state index in [2.05, 4.69) is 5.32 Å². The van der Waals surface area contributed by atoms with E-state index < -0.39 is 32.5 Å². The number of morpholine rings is 1. The van der Waals surface area contributed by atoms with Crippen molar-refractivity contribution in [2.75, 3.05) is 43.4 Å². The zero-order valence-corrected chi connectivity index (χ0v) is 20.8. The van der Waals surface area contributed by atoms with Gasteiger partial charge in [0.1, 0.15) is 6.54 Å². The Morgan fingerprint density at radius 1 is 1.06 bits per heavy atom. The molecule has 13 heteroatoms. The van der Waals surface area contributed by atoms with Crippen LogP contribution in [0.15, 0.2) is 47.4 Å². The molecule has 0 aromatic heterocycles. The van der Waals surface area contributed by atoms with Crippen LogP contribution in [0.3, 0.4) is 0 Å². The second kappa shape index (κ2) is 10.6. The molecular formula is C20H23Cl2N3O6S2. The average Bonchev–Trinajstić information content (AvgIpc) is 2.77. The molecule has 1 N–H and O–H groups in total. The lowest BCUT2D eigenvalue weighted by molar-refractivity contribution is -0.119. The van der Waals surface area contributed by atoms with E-state index in [1.54, 1.807) is 18.2 Å². The lowest BCUT2D eigenvalue weighted by Gasteiger charge is -2.26. The molecule has 180 valence electrons. The molecule has 1 amide bonds. The van der Waals surface area contributed by atoms with Gasteiger partial charge in [-0.1, -0.05) is 29.3 Å². The molecule has 1 fully saturated rings. The van der Waals surface area contributed by atoms with Crippen molar-refractivity contribution in [2.24, 2.45) is 0 Å². The van der Waals surface area contributed by atoms with Gasteiger partial charge in [0.2, 0.25) is 26.0 Å². The lowest BCUT2D eigenvalue weighted by Crippen LogP contribution is -2.41. The van der Waals surface area contributed by atoms with Gasteiger partial charge < -0.3 is 10.1 Å². The van der Waals surface area contributed by atoms with Crippen molar-refractivity contribution in [1.29, 1.82) is 0 Å². The third kappa shape index (κ3) is 6.58. The SMILES string of the molecule is CS(=O)(=O)N(CC(=O)NCc1ccc(Cl)cc1Cl)c1ccc(S(=O)(=O)N2CCOCC2)cc1. The molecule has 2 aromatic rings. The molecule has 3 rings (SSSR count). The second-order valence-electron chi connectivity index (χ2n) is 7.29.